The van der Waals surface area contributed by atoms with Crippen molar-refractivity contribution in [2.75, 3.05) is 6.61 Å². The Kier molecular flexibility index (Phi) is 3.63. The van der Waals surface area contributed by atoms with Gasteiger partial charge in [0.05, 0.1) is 6.61 Å². The Morgan fingerprint density at radius 1 is 0.958 bits per heavy atom. The van der Waals surface area contributed by atoms with Crippen LogP contribution in [-0.2, 0) is 0 Å². The van der Waals surface area contributed by atoms with Gasteiger partial charge < -0.3 is 13.9 Å². The maximum absolute atomic E-state index is 14.7. The Bertz CT molecular complexity index is 935. The molecule has 0 radical (unpaired) electrons. The van der Waals surface area contributed by atoms with Crippen LogP contribution in [0.3, 0.4) is 0 Å². The highest BCUT2D eigenvalue weighted by Crippen LogP contribution is 2.38. The van der Waals surface area contributed by atoms with Gasteiger partial charge >= 0.3 is 0 Å². The van der Waals surface area contributed by atoms with E-state index in [0.29, 0.717) is 17.4 Å². The van der Waals surface area contributed by atoms with Gasteiger partial charge in [-0.25, -0.2) is 0 Å². The summed E-state index contributed by atoms with van der Waals surface area (Å²) in [5, 5.41) is 1.03. The summed E-state index contributed by atoms with van der Waals surface area (Å²) >= 11 is 0. The SMILES string of the molecule is CCOc1ccc2c(oc3c(F)c(OC4CC=CC4)ccc32)c1F. The molecule has 3 aromatic rings. The van der Waals surface area contributed by atoms with Crippen molar-refractivity contribution in [2.24, 2.45) is 0 Å². The molecule has 0 saturated heterocycles. The molecule has 5 heteroatoms. The highest BCUT2D eigenvalue weighted by molar-refractivity contribution is 6.06. The Balaban J connectivity index is 1.82. The third kappa shape index (κ3) is 2.31. The van der Waals surface area contributed by atoms with Crippen LogP contribution in [0.2, 0.25) is 0 Å². The molecular formula is C19H16F2O3. The Labute approximate surface area is 137 Å². The average molecular weight is 330 g/mol. The maximum Gasteiger partial charge on any atom is 0.208 e. The molecule has 124 valence electrons. The van der Waals surface area contributed by atoms with E-state index in [4.69, 9.17) is 13.9 Å². The van der Waals surface area contributed by atoms with Crippen LogP contribution in [0, 0.1) is 11.6 Å². The Morgan fingerprint density at radius 2 is 1.54 bits per heavy atom. The van der Waals surface area contributed by atoms with E-state index in [2.05, 4.69) is 0 Å². The molecule has 1 aliphatic carbocycles. The molecule has 24 heavy (non-hydrogen) atoms. The lowest BCUT2D eigenvalue weighted by atomic mass is 10.1. The zero-order valence-electron chi connectivity index (χ0n) is 13.1. The first-order valence-corrected chi connectivity index (χ1v) is 7.96. The van der Waals surface area contributed by atoms with Crippen molar-refractivity contribution in [3.8, 4) is 11.5 Å². The van der Waals surface area contributed by atoms with E-state index in [-0.39, 0.29) is 28.8 Å². The zero-order chi connectivity index (χ0) is 16.7. The second-order valence-electron chi connectivity index (χ2n) is 5.73. The second-order valence-corrected chi connectivity index (χ2v) is 5.73. The van der Waals surface area contributed by atoms with Crippen LogP contribution in [0.5, 0.6) is 11.5 Å². The van der Waals surface area contributed by atoms with E-state index in [1.165, 1.54) is 6.07 Å². The van der Waals surface area contributed by atoms with Crippen LogP contribution in [-0.4, -0.2) is 12.7 Å². The van der Waals surface area contributed by atoms with Gasteiger partial charge in [0, 0.05) is 23.6 Å². The molecule has 0 aliphatic heterocycles. The molecule has 1 heterocycles. The van der Waals surface area contributed by atoms with Gasteiger partial charge in [-0.05, 0) is 31.2 Å². The van der Waals surface area contributed by atoms with Gasteiger partial charge in [0.15, 0.2) is 22.7 Å². The average Bonchev–Trinajstić information content (AvgIpc) is 3.21. The summed E-state index contributed by atoms with van der Waals surface area (Å²) in [6, 6.07) is 6.47. The molecular weight excluding hydrogens is 314 g/mol. The normalized spacial score (nSPS) is 14.8. The fourth-order valence-corrected chi connectivity index (χ4v) is 3.03. The zero-order valence-corrected chi connectivity index (χ0v) is 13.1. The molecule has 0 N–H and O–H groups in total. The Morgan fingerprint density at radius 3 is 2.17 bits per heavy atom. The summed E-state index contributed by atoms with van der Waals surface area (Å²) in [4.78, 5) is 0. The number of benzene rings is 2. The van der Waals surface area contributed by atoms with Gasteiger partial charge in [-0.3, -0.25) is 0 Å². The summed E-state index contributed by atoms with van der Waals surface area (Å²) in [7, 11) is 0. The number of hydrogen-bond donors (Lipinski definition) is 0. The monoisotopic (exact) mass is 330 g/mol. The minimum absolute atomic E-state index is 0.000930. The topological polar surface area (TPSA) is 31.6 Å². The predicted molar refractivity (Wildman–Crippen MR) is 87.6 cm³/mol. The van der Waals surface area contributed by atoms with Crippen molar-refractivity contribution in [3.63, 3.8) is 0 Å². The van der Waals surface area contributed by atoms with Crippen LogP contribution in [0.15, 0.2) is 40.8 Å². The first-order valence-electron chi connectivity index (χ1n) is 7.96. The minimum Gasteiger partial charge on any atom is -0.491 e. The molecule has 4 rings (SSSR count). The van der Waals surface area contributed by atoms with Crippen LogP contribution in [0.1, 0.15) is 19.8 Å². The smallest absolute Gasteiger partial charge is 0.208 e. The lowest BCUT2D eigenvalue weighted by molar-refractivity contribution is 0.207. The number of fused-ring (bicyclic) bond motifs is 3. The van der Waals surface area contributed by atoms with Crippen molar-refractivity contribution in [2.45, 2.75) is 25.9 Å². The van der Waals surface area contributed by atoms with Crippen LogP contribution in [0.4, 0.5) is 8.78 Å². The summed E-state index contributed by atoms with van der Waals surface area (Å²) in [6.45, 7) is 2.11. The maximum atomic E-state index is 14.7. The molecule has 3 nitrogen and oxygen atoms in total. The molecule has 0 fully saturated rings. The van der Waals surface area contributed by atoms with Gasteiger partial charge in [0.25, 0.3) is 0 Å². The van der Waals surface area contributed by atoms with E-state index in [1.54, 1.807) is 25.1 Å². The largest absolute Gasteiger partial charge is 0.491 e. The summed E-state index contributed by atoms with van der Waals surface area (Å²) in [5.74, 6) is -1.00. The van der Waals surface area contributed by atoms with Crippen LogP contribution in [0.25, 0.3) is 21.9 Å². The van der Waals surface area contributed by atoms with Gasteiger partial charge in [-0.2, -0.15) is 8.78 Å². The number of ether oxygens (including phenoxy) is 2. The van der Waals surface area contributed by atoms with Gasteiger partial charge in [0.1, 0.15) is 6.10 Å². The standard InChI is InChI=1S/C19H16F2O3/c1-2-22-14-9-7-12-13-8-10-15(23-11-5-3-4-6-11)17(21)19(13)24-18(12)16(14)20/h3-4,7-11H,2,5-6H2,1H3. The van der Waals surface area contributed by atoms with Gasteiger partial charge in [-0.15, -0.1) is 0 Å². The minimum atomic E-state index is -0.618. The lowest BCUT2D eigenvalue weighted by Gasteiger charge is -2.13. The van der Waals surface area contributed by atoms with Gasteiger partial charge in [-0.1, -0.05) is 12.2 Å². The molecule has 0 bridgehead atoms. The second kappa shape index (κ2) is 5.82. The fraction of sp³-hybridized carbons (Fsp3) is 0.263. The molecule has 1 aliphatic rings. The molecule has 2 aromatic carbocycles. The molecule has 0 saturated carbocycles. The van der Waals surface area contributed by atoms with E-state index >= 15 is 0 Å². The first kappa shape index (κ1) is 15.0. The number of hydrogen-bond acceptors (Lipinski definition) is 3. The van der Waals surface area contributed by atoms with E-state index in [1.807, 2.05) is 12.2 Å². The number of furan rings is 1. The van der Waals surface area contributed by atoms with Crippen LogP contribution < -0.4 is 9.47 Å². The highest BCUT2D eigenvalue weighted by atomic mass is 19.1. The quantitative estimate of drug-likeness (QED) is 0.604. The summed E-state index contributed by atoms with van der Waals surface area (Å²) in [5.41, 5.74) is -0.00413. The summed E-state index contributed by atoms with van der Waals surface area (Å²) < 4.78 is 45.6. The van der Waals surface area contributed by atoms with Crippen molar-refractivity contribution in [1.29, 1.82) is 0 Å². The summed E-state index contributed by atoms with van der Waals surface area (Å²) in [6.07, 6.45) is 5.45. The number of halogens is 2. The molecule has 0 atom stereocenters. The van der Waals surface area contributed by atoms with Crippen LogP contribution >= 0.6 is 0 Å². The van der Waals surface area contributed by atoms with E-state index in [9.17, 15) is 8.78 Å². The van der Waals surface area contributed by atoms with Crippen molar-refractivity contribution < 1.29 is 22.7 Å². The van der Waals surface area contributed by atoms with Crippen molar-refractivity contribution in [3.05, 3.63) is 48.1 Å². The third-order valence-electron chi connectivity index (χ3n) is 4.18. The molecule has 0 amide bonds. The highest BCUT2D eigenvalue weighted by Gasteiger charge is 2.21. The fourth-order valence-electron chi connectivity index (χ4n) is 3.03. The van der Waals surface area contributed by atoms with E-state index in [0.717, 1.165) is 12.8 Å². The first-order chi connectivity index (χ1) is 11.7. The lowest BCUT2D eigenvalue weighted by Crippen LogP contribution is -2.12. The predicted octanol–water partition coefficient (Wildman–Crippen LogP) is 5.36. The van der Waals surface area contributed by atoms with Gasteiger partial charge in [0.2, 0.25) is 11.6 Å². The molecule has 1 aromatic heterocycles. The third-order valence-corrected chi connectivity index (χ3v) is 4.18. The number of rotatable bonds is 4. The Hall–Kier alpha value is -2.56. The van der Waals surface area contributed by atoms with Crippen molar-refractivity contribution in [1.82, 2.24) is 0 Å². The van der Waals surface area contributed by atoms with E-state index < -0.39 is 11.6 Å². The molecule has 0 unspecified atom stereocenters. The molecule has 0 spiro atoms. The van der Waals surface area contributed by atoms with Crippen molar-refractivity contribution >= 4 is 21.9 Å².